The molecular formula is C19H25NO4. The van der Waals surface area contributed by atoms with E-state index in [0.717, 1.165) is 30.4 Å². The first-order valence-corrected chi connectivity index (χ1v) is 8.79. The Morgan fingerprint density at radius 3 is 2.75 bits per heavy atom. The molecule has 0 radical (unpaired) electrons. The second kappa shape index (κ2) is 7.34. The molecule has 0 bridgehead atoms. The number of hydrogen-bond donors (Lipinski definition) is 1. The quantitative estimate of drug-likeness (QED) is 0.921. The molecule has 0 saturated heterocycles. The van der Waals surface area contributed by atoms with Crippen LogP contribution in [-0.4, -0.2) is 41.1 Å². The zero-order valence-corrected chi connectivity index (χ0v) is 14.1. The number of carboxylic acid groups (broad SMARTS) is 1. The Morgan fingerprint density at radius 1 is 1.25 bits per heavy atom. The van der Waals surface area contributed by atoms with Crippen LogP contribution in [0.4, 0.5) is 0 Å². The summed E-state index contributed by atoms with van der Waals surface area (Å²) in [7, 11) is 0. The highest BCUT2D eigenvalue weighted by Crippen LogP contribution is 2.31. The summed E-state index contributed by atoms with van der Waals surface area (Å²) >= 11 is 0. The molecule has 1 amide bonds. The third-order valence-corrected chi connectivity index (χ3v) is 5.29. The topological polar surface area (TPSA) is 66.8 Å². The minimum atomic E-state index is -0.985. The van der Waals surface area contributed by atoms with E-state index in [-0.39, 0.29) is 18.6 Å². The standard InChI is InChI=1S/C19H25NO4/c1-13-6-2-5-9-16(13)24-12-17(21)20-11-10-14-7-3-4-8-15(14)18(20)19(22)23/h3-4,7-8,13,16,18H,2,5-6,9-12H2,1H3,(H,22,23). The third kappa shape index (κ3) is 3.46. The van der Waals surface area contributed by atoms with E-state index in [1.165, 1.54) is 11.3 Å². The van der Waals surface area contributed by atoms with Gasteiger partial charge in [-0.05, 0) is 36.3 Å². The summed E-state index contributed by atoms with van der Waals surface area (Å²) in [6.45, 7) is 2.56. The fourth-order valence-corrected chi connectivity index (χ4v) is 3.89. The molecule has 1 aliphatic heterocycles. The fourth-order valence-electron chi connectivity index (χ4n) is 3.89. The van der Waals surface area contributed by atoms with Gasteiger partial charge in [-0.25, -0.2) is 4.79 Å². The minimum Gasteiger partial charge on any atom is -0.479 e. The molecule has 1 saturated carbocycles. The van der Waals surface area contributed by atoms with Crippen LogP contribution in [0.2, 0.25) is 0 Å². The maximum Gasteiger partial charge on any atom is 0.331 e. The van der Waals surface area contributed by atoms with Crippen LogP contribution >= 0.6 is 0 Å². The Balaban J connectivity index is 1.69. The van der Waals surface area contributed by atoms with E-state index < -0.39 is 12.0 Å². The highest BCUT2D eigenvalue weighted by Gasteiger charge is 2.36. The third-order valence-electron chi connectivity index (χ3n) is 5.29. The van der Waals surface area contributed by atoms with Crippen LogP contribution in [0.1, 0.15) is 49.8 Å². The van der Waals surface area contributed by atoms with Gasteiger partial charge in [-0.15, -0.1) is 0 Å². The highest BCUT2D eigenvalue weighted by molar-refractivity contribution is 5.86. The summed E-state index contributed by atoms with van der Waals surface area (Å²) in [5.41, 5.74) is 1.73. The number of fused-ring (bicyclic) bond motifs is 1. The largest absolute Gasteiger partial charge is 0.479 e. The molecule has 24 heavy (non-hydrogen) atoms. The molecule has 5 nitrogen and oxygen atoms in total. The van der Waals surface area contributed by atoms with E-state index >= 15 is 0 Å². The maximum absolute atomic E-state index is 12.6. The van der Waals surface area contributed by atoms with Gasteiger partial charge >= 0.3 is 5.97 Å². The van der Waals surface area contributed by atoms with Crippen LogP contribution in [0.25, 0.3) is 0 Å². The zero-order chi connectivity index (χ0) is 17.1. The van der Waals surface area contributed by atoms with Gasteiger partial charge in [-0.3, -0.25) is 4.79 Å². The molecule has 0 spiro atoms. The Labute approximate surface area is 142 Å². The van der Waals surface area contributed by atoms with Gasteiger partial charge in [-0.2, -0.15) is 0 Å². The van der Waals surface area contributed by atoms with E-state index in [2.05, 4.69) is 6.92 Å². The first-order valence-electron chi connectivity index (χ1n) is 8.79. The molecule has 1 fully saturated rings. The lowest BCUT2D eigenvalue weighted by Gasteiger charge is -2.35. The fraction of sp³-hybridized carbons (Fsp3) is 0.579. The summed E-state index contributed by atoms with van der Waals surface area (Å²) < 4.78 is 5.84. The number of carbonyl (C=O) groups is 2. The predicted octanol–water partition coefficient (Wildman–Crippen LogP) is 2.79. The van der Waals surface area contributed by atoms with Gasteiger partial charge in [0.2, 0.25) is 5.91 Å². The lowest BCUT2D eigenvalue weighted by Crippen LogP contribution is -2.45. The number of rotatable bonds is 4. The molecule has 1 heterocycles. The van der Waals surface area contributed by atoms with Gasteiger partial charge in [0.05, 0.1) is 6.10 Å². The lowest BCUT2D eigenvalue weighted by atomic mass is 9.88. The van der Waals surface area contributed by atoms with E-state index in [1.807, 2.05) is 18.2 Å². The number of benzene rings is 1. The van der Waals surface area contributed by atoms with Crippen molar-refractivity contribution in [1.29, 1.82) is 0 Å². The monoisotopic (exact) mass is 331 g/mol. The van der Waals surface area contributed by atoms with E-state index in [4.69, 9.17) is 4.74 Å². The summed E-state index contributed by atoms with van der Waals surface area (Å²) in [6, 6.07) is 6.56. The zero-order valence-electron chi connectivity index (χ0n) is 14.1. The molecule has 1 aromatic carbocycles. The Morgan fingerprint density at radius 2 is 2.00 bits per heavy atom. The van der Waals surface area contributed by atoms with Gasteiger partial charge < -0.3 is 14.7 Å². The van der Waals surface area contributed by atoms with E-state index in [1.54, 1.807) is 6.07 Å². The Hall–Kier alpha value is -1.88. The SMILES string of the molecule is CC1CCCCC1OCC(=O)N1CCc2ccccc2C1C(=O)O. The average Bonchev–Trinajstić information content (AvgIpc) is 2.59. The molecule has 3 atom stereocenters. The summed E-state index contributed by atoms with van der Waals surface area (Å²) in [4.78, 5) is 25.8. The van der Waals surface area contributed by atoms with Crippen molar-refractivity contribution >= 4 is 11.9 Å². The minimum absolute atomic E-state index is 0.0268. The highest BCUT2D eigenvalue weighted by atomic mass is 16.5. The molecule has 2 aliphatic rings. The van der Waals surface area contributed by atoms with Crippen molar-refractivity contribution in [1.82, 2.24) is 4.90 Å². The molecule has 1 aliphatic carbocycles. The molecule has 3 unspecified atom stereocenters. The van der Waals surface area contributed by atoms with Crippen LogP contribution < -0.4 is 0 Å². The number of amides is 1. The number of aliphatic carboxylic acids is 1. The van der Waals surface area contributed by atoms with Crippen molar-refractivity contribution in [2.45, 2.75) is 51.2 Å². The first-order chi connectivity index (χ1) is 11.6. The van der Waals surface area contributed by atoms with Crippen molar-refractivity contribution in [3.63, 3.8) is 0 Å². The van der Waals surface area contributed by atoms with Crippen molar-refractivity contribution < 1.29 is 19.4 Å². The second-order valence-electron chi connectivity index (χ2n) is 6.89. The lowest BCUT2D eigenvalue weighted by molar-refractivity contribution is -0.155. The predicted molar refractivity (Wildman–Crippen MR) is 89.6 cm³/mol. The van der Waals surface area contributed by atoms with E-state index in [0.29, 0.717) is 18.9 Å². The van der Waals surface area contributed by atoms with Crippen molar-refractivity contribution in [2.24, 2.45) is 5.92 Å². The van der Waals surface area contributed by atoms with E-state index in [9.17, 15) is 14.7 Å². The molecule has 1 aromatic rings. The molecule has 1 N–H and O–H groups in total. The van der Waals surface area contributed by atoms with Crippen LogP contribution in [0.15, 0.2) is 24.3 Å². The molecular weight excluding hydrogens is 306 g/mol. The first kappa shape index (κ1) is 17.0. The van der Waals surface area contributed by atoms with Gasteiger partial charge in [-0.1, -0.05) is 44.0 Å². The smallest absolute Gasteiger partial charge is 0.331 e. The van der Waals surface area contributed by atoms with Crippen LogP contribution in [0.3, 0.4) is 0 Å². The molecule has 3 rings (SSSR count). The van der Waals surface area contributed by atoms with Crippen LogP contribution in [0, 0.1) is 5.92 Å². The van der Waals surface area contributed by atoms with Gasteiger partial charge in [0.25, 0.3) is 0 Å². The van der Waals surface area contributed by atoms with Gasteiger partial charge in [0.15, 0.2) is 6.04 Å². The van der Waals surface area contributed by atoms with Crippen molar-refractivity contribution in [2.75, 3.05) is 13.2 Å². The number of ether oxygens (including phenoxy) is 1. The Bertz CT molecular complexity index is 615. The molecule has 130 valence electrons. The number of hydrogen-bond acceptors (Lipinski definition) is 3. The second-order valence-corrected chi connectivity index (χ2v) is 6.89. The van der Waals surface area contributed by atoms with Gasteiger partial charge in [0.1, 0.15) is 6.61 Å². The van der Waals surface area contributed by atoms with Crippen LogP contribution in [-0.2, 0) is 20.7 Å². The number of carboxylic acids is 1. The average molecular weight is 331 g/mol. The van der Waals surface area contributed by atoms with Crippen molar-refractivity contribution in [3.05, 3.63) is 35.4 Å². The number of carbonyl (C=O) groups excluding carboxylic acids is 1. The summed E-state index contributed by atoms with van der Waals surface area (Å²) in [5.74, 6) is -0.750. The van der Waals surface area contributed by atoms with Crippen LogP contribution in [0.5, 0.6) is 0 Å². The normalized spacial score (nSPS) is 26.7. The maximum atomic E-state index is 12.6. The molecule has 5 heteroatoms. The summed E-state index contributed by atoms with van der Waals surface area (Å²) in [6.07, 6.45) is 5.28. The molecule has 0 aromatic heterocycles. The summed E-state index contributed by atoms with van der Waals surface area (Å²) in [5, 5.41) is 9.63. The Kier molecular flexibility index (Phi) is 5.19. The van der Waals surface area contributed by atoms with Gasteiger partial charge in [0, 0.05) is 6.54 Å². The number of nitrogens with zero attached hydrogens (tertiary/aromatic N) is 1. The van der Waals surface area contributed by atoms with Crippen molar-refractivity contribution in [3.8, 4) is 0 Å².